The van der Waals surface area contributed by atoms with E-state index < -0.39 is 0 Å². The Kier molecular flexibility index (Phi) is 5.38. The number of aromatic nitrogens is 3. The average Bonchev–Trinajstić information content (AvgIpc) is 3.23. The van der Waals surface area contributed by atoms with Gasteiger partial charge in [-0.25, -0.2) is 0 Å². The van der Waals surface area contributed by atoms with E-state index in [1.165, 1.54) is 24.6 Å². The number of methoxy groups -OCH3 is 1. The second-order valence-corrected chi connectivity index (χ2v) is 8.26. The normalized spacial score (nSPS) is 17.3. The van der Waals surface area contributed by atoms with Crippen LogP contribution in [-0.4, -0.2) is 50.5 Å². The third-order valence-electron chi connectivity index (χ3n) is 5.40. The van der Waals surface area contributed by atoms with Crippen molar-refractivity contribution in [2.45, 2.75) is 62.7 Å². The van der Waals surface area contributed by atoms with Crippen LogP contribution in [0.2, 0.25) is 0 Å². The molecule has 1 heterocycles. The molecule has 0 saturated heterocycles. The van der Waals surface area contributed by atoms with Crippen molar-refractivity contribution in [1.29, 1.82) is 0 Å². The maximum absolute atomic E-state index is 13.0. The number of hydrogen-bond donors (Lipinski definition) is 0. The summed E-state index contributed by atoms with van der Waals surface area (Å²) in [5.74, 6) is 2.29. The molecule has 0 bridgehead atoms. The highest BCUT2D eigenvalue weighted by Gasteiger charge is 2.38. The molecule has 0 atom stereocenters. The largest absolute Gasteiger partial charge is 0.497 e. The van der Waals surface area contributed by atoms with Gasteiger partial charge in [0.25, 0.3) is 0 Å². The molecule has 7 heteroatoms. The van der Waals surface area contributed by atoms with Crippen molar-refractivity contribution in [3.63, 3.8) is 0 Å². The lowest BCUT2D eigenvalue weighted by molar-refractivity contribution is -0.131. The fourth-order valence-corrected chi connectivity index (χ4v) is 4.77. The van der Waals surface area contributed by atoms with Gasteiger partial charge in [0.1, 0.15) is 11.6 Å². The predicted molar refractivity (Wildman–Crippen MR) is 105 cm³/mol. The quantitative estimate of drug-likeness (QED) is 0.681. The zero-order chi connectivity index (χ0) is 18.8. The molecule has 2 saturated carbocycles. The highest BCUT2D eigenvalue weighted by molar-refractivity contribution is 7.99. The van der Waals surface area contributed by atoms with Crippen molar-refractivity contribution in [1.82, 2.24) is 19.7 Å². The minimum Gasteiger partial charge on any atom is -0.497 e. The lowest BCUT2D eigenvalue weighted by Gasteiger charge is -2.29. The Hall–Kier alpha value is -2.02. The van der Waals surface area contributed by atoms with Crippen molar-refractivity contribution in [2.75, 3.05) is 12.9 Å². The fourth-order valence-electron chi connectivity index (χ4n) is 3.91. The second kappa shape index (κ2) is 7.92. The smallest absolute Gasteiger partial charge is 0.233 e. The molecule has 1 aromatic heterocycles. The molecule has 0 N–H and O–H groups in total. The van der Waals surface area contributed by atoms with Crippen LogP contribution in [0.4, 0.5) is 0 Å². The van der Waals surface area contributed by atoms with Gasteiger partial charge in [-0.05, 0) is 56.9 Å². The molecular weight excluding hydrogens is 360 g/mol. The Bertz CT molecular complexity index is 795. The van der Waals surface area contributed by atoms with Gasteiger partial charge in [0, 0.05) is 17.8 Å². The Morgan fingerprint density at radius 1 is 1.15 bits per heavy atom. The molecule has 144 valence electrons. The summed E-state index contributed by atoms with van der Waals surface area (Å²) >= 11 is 1.48. The zero-order valence-corrected chi connectivity index (χ0v) is 16.7. The number of aryl methyl sites for hydroxylation is 1. The molecular formula is C20H26N4O2S. The number of carbonyl (C=O) groups excluding carboxylic acids is 1. The van der Waals surface area contributed by atoms with E-state index in [0.717, 1.165) is 48.1 Å². The molecule has 2 aliphatic rings. The Labute approximate surface area is 164 Å². The summed E-state index contributed by atoms with van der Waals surface area (Å²) in [6.45, 7) is 1.93. The third kappa shape index (κ3) is 3.98. The number of thioether (sulfide) groups is 1. The minimum atomic E-state index is 0.247. The number of hydrogen-bond acceptors (Lipinski definition) is 5. The first kappa shape index (κ1) is 18.3. The zero-order valence-electron chi connectivity index (χ0n) is 15.9. The van der Waals surface area contributed by atoms with Crippen molar-refractivity contribution in [2.24, 2.45) is 0 Å². The van der Waals surface area contributed by atoms with Crippen LogP contribution in [0.25, 0.3) is 5.69 Å². The van der Waals surface area contributed by atoms with Crippen molar-refractivity contribution in [3.05, 3.63) is 30.1 Å². The molecule has 27 heavy (non-hydrogen) atoms. The molecule has 0 spiro atoms. The first-order chi connectivity index (χ1) is 13.2. The van der Waals surface area contributed by atoms with E-state index in [1.54, 1.807) is 7.11 Å². The standard InChI is InChI=1S/C20H26N4O2S/c1-14-21-22-20(23(14)16-9-11-18(26-2)12-10-16)27-13-19(25)24(17-7-8-17)15-5-3-4-6-15/h9-12,15,17H,3-8,13H2,1-2H3. The molecule has 0 unspecified atom stereocenters. The van der Waals surface area contributed by atoms with E-state index in [4.69, 9.17) is 4.74 Å². The first-order valence-electron chi connectivity index (χ1n) is 9.68. The van der Waals surface area contributed by atoms with E-state index in [9.17, 15) is 4.79 Å². The maximum Gasteiger partial charge on any atom is 0.233 e. The predicted octanol–water partition coefficient (Wildman–Crippen LogP) is 3.61. The van der Waals surface area contributed by atoms with Crippen LogP contribution in [0.15, 0.2) is 29.4 Å². The molecule has 2 aromatic rings. The number of benzene rings is 1. The minimum absolute atomic E-state index is 0.247. The van der Waals surface area contributed by atoms with Gasteiger partial charge in [-0.15, -0.1) is 10.2 Å². The lowest BCUT2D eigenvalue weighted by Crippen LogP contribution is -2.41. The van der Waals surface area contributed by atoms with E-state index in [-0.39, 0.29) is 5.91 Å². The van der Waals surface area contributed by atoms with E-state index in [2.05, 4.69) is 15.1 Å². The third-order valence-corrected chi connectivity index (χ3v) is 6.31. The highest BCUT2D eigenvalue weighted by Crippen LogP contribution is 2.35. The number of ether oxygens (including phenoxy) is 1. The average molecular weight is 387 g/mol. The number of carbonyl (C=O) groups is 1. The summed E-state index contributed by atoms with van der Waals surface area (Å²) in [5.41, 5.74) is 0.975. The van der Waals surface area contributed by atoms with Crippen LogP contribution in [0, 0.1) is 6.92 Å². The highest BCUT2D eigenvalue weighted by atomic mass is 32.2. The molecule has 4 rings (SSSR count). The Morgan fingerprint density at radius 2 is 1.81 bits per heavy atom. The van der Waals surface area contributed by atoms with Gasteiger partial charge in [-0.1, -0.05) is 24.6 Å². The van der Waals surface area contributed by atoms with Crippen LogP contribution < -0.4 is 4.74 Å². The molecule has 2 fully saturated rings. The van der Waals surface area contributed by atoms with Crippen LogP contribution in [0.3, 0.4) is 0 Å². The van der Waals surface area contributed by atoms with E-state index >= 15 is 0 Å². The van der Waals surface area contributed by atoms with Gasteiger partial charge in [0.15, 0.2) is 5.16 Å². The van der Waals surface area contributed by atoms with Crippen molar-refractivity contribution < 1.29 is 9.53 Å². The van der Waals surface area contributed by atoms with Crippen LogP contribution >= 0.6 is 11.8 Å². The molecule has 1 aromatic carbocycles. The topological polar surface area (TPSA) is 60.2 Å². The molecule has 2 aliphatic carbocycles. The van der Waals surface area contributed by atoms with Gasteiger partial charge >= 0.3 is 0 Å². The van der Waals surface area contributed by atoms with Crippen molar-refractivity contribution in [3.8, 4) is 11.4 Å². The van der Waals surface area contributed by atoms with Gasteiger partial charge in [0.05, 0.1) is 12.9 Å². The summed E-state index contributed by atoms with van der Waals surface area (Å²) in [4.78, 5) is 15.1. The van der Waals surface area contributed by atoms with Gasteiger partial charge in [-0.3, -0.25) is 9.36 Å². The lowest BCUT2D eigenvalue weighted by atomic mass is 10.2. The Morgan fingerprint density at radius 3 is 2.44 bits per heavy atom. The fraction of sp³-hybridized carbons (Fsp3) is 0.550. The van der Waals surface area contributed by atoms with Crippen LogP contribution in [0.5, 0.6) is 5.75 Å². The van der Waals surface area contributed by atoms with Gasteiger partial charge in [0.2, 0.25) is 5.91 Å². The Balaban J connectivity index is 1.47. The summed E-state index contributed by atoms with van der Waals surface area (Å²) in [7, 11) is 1.65. The summed E-state index contributed by atoms with van der Waals surface area (Å²) in [6, 6.07) is 8.73. The summed E-state index contributed by atoms with van der Waals surface area (Å²) in [5, 5.41) is 9.27. The summed E-state index contributed by atoms with van der Waals surface area (Å²) < 4.78 is 7.23. The van der Waals surface area contributed by atoms with Gasteiger partial charge < -0.3 is 9.64 Å². The maximum atomic E-state index is 13.0. The molecule has 0 radical (unpaired) electrons. The second-order valence-electron chi connectivity index (χ2n) is 7.32. The van der Waals surface area contributed by atoms with E-state index in [0.29, 0.717) is 17.8 Å². The van der Waals surface area contributed by atoms with Crippen LogP contribution in [-0.2, 0) is 4.79 Å². The SMILES string of the molecule is COc1ccc(-n2c(C)nnc2SCC(=O)N(C2CCCC2)C2CC2)cc1. The molecule has 0 aliphatic heterocycles. The monoisotopic (exact) mass is 386 g/mol. The number of nitrogens with zero attached hydrogens (tertiary/aromatic N) is 4. The van der Waals surface area contributed by atoms with E-state index in [1.807, 2.05) is 35.8 Å². The number of amides is 1. The molecule has 6 nitrogen and oxygen atoms in total. The molecule has 1 amide bonds. The summed E-state index contributed by atoms with van der Waals surface area (Å²) in [6.07, 6.45) is 7.14. The van der Waals surface area contributed by atoms with Gasteiger partial charge in [-0.2, -0.15) is 0 Å². The van der Waals surface area contributed by atoms with Crippen molar-refractivity contribution >= 4 is 17.7 Å². The number of rotatable bonds is 7. The first-order valence-corrected chi connectivity index (χ1v) is 10.7. The van der Waals surface area contributed by atoms with Crippen LogP contribution in [0.1, 0.15) is 44.3 Å².